The number of carbonyl (C=O) groups excluding carboxylic acids is 1. The molecule has 22 heavy (non-hydrogen) atoms. The molecule has 2 unspecified atom stereocenters. The summed E-state index contributed by atoms with van der Waals surface area (Å²) in [5, 5.41) is 3.66. The second-order valence-corrected chi connectivity index (χ2v) is 7.94. The van der Waals surface area contributed by atoms with Crippen molar-refractivity contribution in [2.24, 2.45) is 11.8 Å². The number of piperidine rings is 1. The Kier molecular flexibility index (Phi) is 7.67. The monoisotopic (exact) mass is 312 g/mol. The van der Waals surface area contributed by atoms with Gasteiger partial charge in [-0.05, 0) is 64.8 Å². The molecule has 2 atom stereocenters. The van der Waals surface area contributed by atoms with Gasteiger partial charge < -0.3 is 15.0 Å². The van der Waals surface area contributed by atoms with E-state index in [1.54, 1.807) is 0 Å². The summed E-state index contributed by atoms with van der Waals surface area (Å²) in [5.41, 5.74) is -0.406. The summed E-state index contributed by atoms with van der Waals surface area (Å²) in [6, 6.07) is 0.602. The third-order valence-electron chi connectivity index (χ3n) is 4.37. The van der Waals surface area contributed by atoms with Crippen molar-refractivity contribution in [3.63, 3.8) is 0 Å². The molecule has 1 fully saturated rings. The Morgan fingerprint density at radius 1 is 1.36 bits per heavy atom. The van der Waals surface area contributed by atoms with Crippen LogP contribution >= 0.6 is 0 Å². The summed E-state index contributed by atoms with van der Waals surface area (Å²) in [7, 11) is 0. The fourth-order valence-electron chi connectivity index (χ4n) is 3.12. The summed E-state index contributed by atoms with van der Waals surface area (Å²) < 4.78 is 5.49. The Morgan fingerprint density at radius 3 is 2.59 bits per heavy atom. The summed E-state index contributed by atoms with van der Waals surface area (Å²) >= 11 is 0. The minimum atomic E-state index is -0.406. The molecule has 4 nitrogen and oxygen atoms in total. The van der Waals surface area contributed by atoms with Crippen LogP contribution in [0.15, 0.2) is 0 Å². The first kappa shape index (κ1) is 19.3. The molecule has 0 aromatic heterocycles. The van der Waals surface area contributed by atoms with Gasteiger partial charge in [-0.3, -0.25) is 0 Å². The van der Waals surface area contributed by atoms with Crippen LogP contribution in [0.25, 0.3) is 0 Å². The van der Waals surface area contributed by atoms with Crippen molar-refractivity contribution in [3.8, 4) is 0 Å². The van der Waals surface area contributed by atoms with E-state index in [0.29, 0.717) is 17.9 Å². The first-order valence-electron chi connectivity index (χ1n) is 8.94. The fourth-order valence-corrected chi connectivity index (χ4v) is 3.12. The van der Waals surface area contributed by atoms with Crippen molar-refractivity contribution in [3.05, 3.63) is 0 Å². The van der Waals surface area contributed by atoms with Crippen molar-refractivity contribution in [2.45, 2.75) is 78.9 Å². The van der Waals surface area contributed by atoms with E-state index in [1.807, 2.05) is 25.7 Å². The van der Waals surface area contributed by atoms with Gasteiger partial charge in [0.05, 0.1) is 0 Å². The molecule has 1 rings (SSSR count). The smallest absolute Gasteiger partial charge is 0.410 e. The molecule has 1 amide bonds. The van der Waals surface area contributed by atoms with E-state index in [2.05, 4.69) is 26.1 Å². The van der Waals surface area contributed by atoms with Crippen LogP contribution in [0, 0.1) is 11.8 Å². The van der Waals surface area contributed by atoms with Crippen molar-refractivity contribution in [1.29, 1.82) is 0 Å². The van der Waals surface area contributed by atoms with Crippen LogP contribution in [0.5, 0.6) is 0 Å². The normalized spacial score (nSPS) is 21.0. The molecule has 0 aromatic carbocycles. The number of carbonyl (C=O) groups is 1. The molecule has 0 aromatic rings. The largest absolute Gasteiger partial charge is 0.444 e. The van der Waals surface area contributed by atoms with Crippen LogP contribution in [0.1, 0.15) is 67.2 Å². The lowest BCUT2D eigenvalue weighted by Gasteiger charge is -2.34. The first-order chi connectivity index (χ1) is 10.2. The Hall–Kier alpha value is -0.770. The Bertz CT molecular complexity index is 336. The highest BCUT2D eigenvalue weighted by atomic mass is 16.6. The van der Waals surface area contributed by atoms with Crippen LogP contribution in [0.3, 0.4) is 0 Å². The van der Waals surface area contributed by atoms with Gasteiger partial charge in [-0.1, -0.05) is 20.8 Å². The van der Waals surface area contributed by atoms with Gasteiger partial charge in [-0.2, -0.15) is 0 Å². The van der Waals surface area contributed by atoms with Gasteiger partial charge in [-0.15, -0.1) is 0 Å². The van der Waals surface area contributed by atoms with Gasteiger partial charge in [0.25, 0.3) is 0 Å². The lowest BCUT2D eigenvalue weighted by atomic mass is 9.94. The number of likely N-dealkylation sites (tertiary alicyclic amines) is 1. The summed E-state index contributed by atoms with van der Waals surface area (Å²) in [6.07, 6.45) is 4.47. The molecule has 130 valence electrons. The number of rotatable bonds is 6. The average molecular weight is 312 g/mol. The van der Waals surface area contributed by atoms with E-state index in [4.69, 9.17) is 4.74 Å². The van der Waals surface area contributed by atoms with Crippen molar-refractivity contribution in [1.82, 2.24) is 10.2 Å². The molecular weight excluding hydrogens is 276 g/mol. The molecule has 0 aliphatic carbocycles. The maximum absolute atomic E-state index is 12.2. The fraction of sp³-hybridized carbons (Fsp3) is 0.944. The zero-order valence-electron chi connectivity index (χ0n) is 15.4. The highest BCUT2D eigenvalue weighted by Gasteiger charge is 2.27. The molecule has 0 saturated carbocycles. The van der Waals surface area contributed by atoms with Crippen LogP contribution in [0.4, 0.5) is 4.79 Å². The zero-order chi connectivity index (χ0) is 16.8. The second-order valence-electron chi connectivity index (χ2n) is 7.94. The highest BCUT2D eigenvalue weighted by Crippen LogP contribution is 2.21. The number of nitrogens with zero attached hydrogens (tertiary/aromatic N) is 1. The number of hydrogen-bond donors (Lipinski definition) is 1. The Morgan fingerprint density at radius 2 is 2.05 bits per heavy atom. The molecule has 0 bridgehead atoms. The van der Waals surface area contributed by atoms with Crippen molar-refractivity contribution < 1.29 is 9.53 Å². The predicted molar refractivity (Wildman–Crippen MR) is 92.1 cm³/mol. The first-order valence-corrected chi connectivity index (χ1v) is 8.94. The minimum absolute atomic E-state index is 0.154. The minimum Gasteiger partial charge on any atom is -0.444 e. The van der Waals surface area contributed by atoms with E-state index in [-0.39, 0.29) is 6.09 Å². The average Bonchev–Trinajstić information content (AvgIpc) is 2.41. The third kappa shape index (κ3) is 6.99. The van der Waals surface area contributed by atoms with Crippen LogP contribution < -0.4 is 5.32 Å². The van der Waals surface area contributed by atoms with Gasteiger partial charge in [0, 0.05) is 19.1 Å². The Labute approximate surface area is 137 Å². The van der Waals surface area contributed by atoms with Gasteiger partial charge in [0.15, 0.2) is 0 Å². The molecule has 1 heterocycles. The number of nitrogens with one attached hydrogen (secondary N) is 1. The van der Waals surface area contributed by atoms with Crippen LogP contribution in [0.2, 0.25) is 0 Å². The van der Waals surface area contributed by atoms with Gasteiger partial charge in [0.2, 0.25) is 0 Å². The van der Waals surface area contributed by atoms with Gasteiger partial charge >= 0.3 is 6.09 Å². The second kappa shape index (κ2) is 8.76. The van der Waals surface area contributed by atoms with Crippen molar-refractivity contribution >= 4 is 6.09 Å². The molecular formula is C18H36N2O2. The van der Waals surface area contributed by atoms with Crippen LogP contribution in [-0.4, -0.2) is 42.3 Å². The molecule has 4 heteroatoms. The van der Waals surface area contributed by atoms with E-state index in [1.165, 1.54) is 12.8 Å². The van der Waals surface area contributed by atoms with E-state index in [0.717, 1.165) is 32.5 Å². The number of hydrogen-bond acceptors (Lipinski definition) is 3. The zero-order valence-corrected chi connectivity index (χ0v) is 15.4. The van der Waals surface area contributed by atoms with E-state index >= 15 is 0 Å². The summed E-state index contributed by atoms with van der Waals surface area (Å²) in [4.78, 5) is 14.1. The molecule has 0 radical (unpaired) electrons. The van der Waals surface area contributed by atoms with Gasteiger partial charge in [0.1, 0.15) is 5.60 Å². The standard InChI is InChI=1S/C18H36N2O2/c1-7-16(14(2)3)19-11-10-15-9-8-12-20(13-15)17(21)22-18(4,5)6/h14-16,19H,7-13H2,1-6H3. The lowest BCUT2D eigenvalue weighted by Crippen LogP contribution is -2.43. The molecule has 0 spiro atoms. The lowest BCUT2D eigenvalue weighted by molar-refractivity contribution is 0.0161. The number of ether oxygens (including phenoxy) is 1. The van der Waals surface area contributed by atoms with Crippen LogP contribution in [-0.2, 0) is 4.74 Å². The maximum atomic E-state index is 12.2. The van der Waals surface area contributed by atoms with E-state index < -0.39 is 5.60 Å². The molecule has 1 aliphatic heterocycles. The summed E-state index contributed by atoms with van der Waals surface area (Å²) in [5.74, 6) is 1.27. The number of amides is 1. The maximum Gasteiger partial charge on any atom is 0.410 e. The third-order valence-corrected chi connectivity index (χ3v) is 4.37. The molecule has 1 aliphatic rings. The topological polar surface area (TPSA) is 41.6 Å². The molecule has 1 saturated heterocycles. The quantitative estimate of drug-likeness (QED) is 0.804. The highest BCUT2D eigenvalue weighted by molar-refractivity contribution is 5.68. The van der Waals surface area contributed by atoms with Crippen molar-refractivity contribution in [2.75, 3.05) is 19.6 Å². The SMILES string of the molecule is CCC(NCCC1CCCN(C(=O)OC(C)(C)C)C1)C(C)C. The van der Waals surface area contributed by atoms with E-state index in [9.17, 15) is 4.79 Å². The van der Waals surface area contributed by atoms with Gasteiger partial charge in [-0.25, -0.2) is 4.79 Å². The summed E-state index contributed by atoms with van der Waals surface area (Å²) in [6.45, 7) is 15.3. The molecule has 1 N–H and O–H groups in total. The Balaban J connectivity index is 2.36. The predicted octanol–water partition coefficient (Wildman–Crippen LogP) is 4.05.